The second-order valence-corrected chi connectivity index (χ2v) is 6.45. The van der Waals surface area contributed by atoms with Gasteiger partial charge < -0.3 is 4.74 Å². The standard InChI is InChI=1S/C13H14F3N3O3S/c1-9-3-4-11(22-2)12(5-9)23(20,21)18-10-6-17-19(7-10)8-13(14,15)16/h3-7,18H,8H2,1-2H3. The Balaban J connectivity index is 2.27. The molecule has 0 aliphatic carbocycles. The van der Waals surface area contributed by atoms with Gasteiger partial charge in [0.15, 0.2) is 0 Å². The number of methoxy groups -OCH3 is 1. The Labute approximate surface area is 130 Å². The van der Waals surface area contributed by atoms with E-state index in [1.54, 1.807) is 13.0 Å². The smallest absolute Gasteiger partial charge is 0.408 e. The third-order valence-electron chi connectivity index (χ3n) is 2.84. The molecule has 23 heavy (non-hydrogen) atoms. The van der Waals surface area contributed by atoms with E-state index in [1.165, 1.54) is 19.2 Å². The topological polar surface area (TPSA) is 73.2 Å². The van der Waals surface area contributed by atoms with Crippen molar-refractivity contribution < 1.29 is 26.3 Å². The van der Waals surface area contributed by atoms with Crippen LogP contribution in [0.5, 0.6) is 5.75 Å². The summed E-state index contributed by atoms with van der Waals surface area (Å²) < 4.78 is 69.4. The molecule has 0 fully saturated rings. The normalized spacial score (nSPS) is 12.2. The van der Waals surface area contributed by atoms with Gasteiger partial charge in [0.2, 0.25) is 0 Å². The molecule has 126 valence electrons. The summed E-state index contributed by atoms with van der Waals surface area (Å²) in [6.45, 7) is 0.405. The monoisotopic (exact) mass is 349 g/mol. The fourth-order valence-corrected chi connectivity index (χ4v) is 3.17. The number of anilines is 1. The minimum atomic E-state index is -4.44. The minimum Gasteiger partial charge on any atom is -0.495 e. The highest BCUT2D eigenvalue weighted by molar-refractivity contribution is 7.92. The van der Waals surface area contributed by atoms with Crippen LogP contribution in [0.15, 0.2) is 35.5 Å². The van der Waals surface area contributed by atoms with Crippen molar-refractivity contribution >= 4 is 15.7 Å². The molecule has 6 nitrogen and oxygen atoms in total. The lowest BCUT2D eigenvalue weighted by atomic mass is 10.2. The Kier molecular flexibility index (Phi) is 4.55. The number of benzene rings is 1. The maximum atomic E-state index is 12.4. The zero-order valence-corrected chi connectivity index (χ0v) is 13.1. The Morgan fingerprint density at radius 2 is 2.04 bits per heavy atom. The van der Waals surface area contributed by atoms with E-state index in [-0.39, 0.29) is 16.3 Å². The lowest BCUT2D eigenvalue weighted by Crippen LogP contribution is -2.18. The first-order valence-corrected chi connectivity index (χ1v) is 7.86. The van der Waals surface area contributed by atoms with Gasteiger partial charge in [0.05, 0.1) is 19.0 Å². The van der Waals surface area contributed by atoms with Gasteiger partial charge in [-0.05, 0) is 24.6 Å². The van der Waals surface area contributed by atoms with Crippen molar-refractivity contribution in [2.24, 2.45) is 0 Å². The molecule has 1 heterocycles. The van der Waals surface area contributed by atoms with Crippen LogP contribution in [-0.2, 0) is 16.6 Å². The van der Waals surface area contributed by atoms with Gasteiger partial charge in [-0.1, -0.05) is 6.07 Å². The number of halogens is 3. The van der Waals surface area contributed by atoms with E-state index >= 15 is 0 Å². The number of hydrogen-bond acceptors (Lipinski definition) is 4. The molecule has 0 saturated carbocycles. The molecule has 0 spiro atoms. The SMILES string of the molecule is COc1ccc(C)cc1S(=O)(=O)Nc1cnn(CC(F)(F)F)c1. The summed E-state index contributed by atoms with van der Waals surface area (Å²) in [5.41, 5.74) is 0.622. The van der Waals surface area contributed by atoms with E-state index in [4.69, 9.17) is 4.74 Å². The number of ether oxygens (including phenoxy) is 1. The van der Waals surface area contributed by atoms with Crippen molar-refractivity contribution in [3.8, 4) is 5.75 Å². The van der Waals surface area contributed by atoms with Crippen molar-refractivity contribution in [2.45, 2.75) is 24.5 Å². The number of sulfonamides is 1. The number of aromatic nitrogens is 2. The Morgan fingerprint density at radius 3 is 2.65 bits per heavy atom. The molecular weight excluding hydrogens is 335 g/mol. The van der Waals surface area contributed by atoms with Crippen molar-refractivity contribution in [2.75, 3.05) is 11.8 Å². The summed E-state index contributed by atoms with van der Waals surface area (Å²) in [5, 5.41) is 3.48. The lowest BCUT2D eigenvalue weighted by molar-refractivity contribution is -0.142. The number of aryl methyl sites for hydroxylation is 1. The number of alkyl halides is 3. The summed E-state index contributed by atoms with van der Waals surface area (Å²) in [6, 6.07) is 4.58. The van der Waals surface area contributed by atoms with E-state index < -0.39 is 22.7 Å². The number of rotatable bonds is 5. The molecule has 1 N–H and O–H groups in total. The molecule has 0 amide bonds. The fourth-order valence-electron chi connectivity index (χ4n) is 1.89. The maximum absolute atomic E-state index is 12.4. The quantitative estimate of drug-likeness (QED) is 0.900. The van der Waals surface area contributed by atoms with Crippen molar-refractivity contribution in [3.05, 3.63) is 36.2 Å². The summed E-state index contributed by atoms with van der Waals surface area (Å²) >= 11 is 0. The second-order valence-electron chi connectivity index (χ2n) is 4.80. The molecule has 0 radical (unpaired) electrons. The molecule has 1 aromatic heterocycles. The highest BCUT2D eigenvalue weighted by Crippen LogP contribution is 2.27. The van der Waals surface area contributed by atoms with Crippen LogP contribution >= 0.6 is 0 Å². The number of hydrogen-bond donors (Lipinski definition) is 1. The number of nitrogens with zero attached hydrogens (tertiary/aromatic N) is 2. The van der Waals surface area contributed by atoms with Crippen LogP contribution in [0.25, 0.3) is 0 Å². The van der Waals surface area contributed by atoms with Gasteiger partial charge in [-0.25, -0.2) is 8.42 Å². The van der Waals surface area contributed by atoms with Crippen molar-refractivity contribution in [1.29, 1.82) is 0 Å². The van der Waals surface area contributed by atoms with Crippen molar-refractivity contribution in [3.63, 3.8) is 0 Å². The summed E-state index contributed by atoms with van der Waals surface area (Å²) in [5.74, 6) is 0.130. The predicted octanol–water partition coefficient (Wildman–Crippen LogP) is 2.56. The van der Waals surface area contributed by atoms with Gasteiger partial charge in [-0.15, -0.1) is 0 Å². The fraction of sp³-hybridized carbons (Fsp3) is 0.308. The third kappa shape index (κ3) is 4.38. The average molecular weight is 349 g/mol. The molecule has 0 atom stereocenters. The molecule has 0 aliphatic heterocycles. The molecule has 2 aromatic rings. The molecule has 10 heteroatoms. The van der Waals surface area contributed by atoms with E-state index in [1.807, 2.05) is 0 Å². The van der Waals surface area contributed by atoms with E-state index in [0.29, 0.717) is 10.2 Å². The van der Waals surface area contributed by atoms with E-state index in [0.717, 1.165) is 12.4 Å². The first-order valence-electron chi connectivity index (χ1n) is 6.37. The zero-order valence-electron chi connectivity index (χ0n) is 12.3. The first kappa shape index (κ1) is 17.1. The van der Waals surface area contributed by atoms with Crippen molar-refractivity contribution in [1.82, 2.24) is 9.78 Å². The van der Waals surface area contributed by atoms with Gasteiger partial charge in [-0.3, -0.25) is 9.40 Å². The van der Waals surface area contributed by atoms with Crippen LogP contribution in [0.3, 0.4) is 0 Å². The molecule has 0 saturated heterocycles. The van der Waals surface area contributed by atoms with E-state index in [9.17, 15) is 21.6 Å². The largest absolute Gasteiger partial charge is 0.495 e. The molecular formula is C13H14F3N3O3S. The van der Waals surface area contributed by atoms with Gasteiger partial charge in [0.25, 0.3) is 10.0 Å². The Bertz CT molecular complexity index is 800. The Hall–Kier alpha value is -2.23. The predicted molar refractivity (Wildman–Crippen MR) is 76.8 cm³/mol. The highest BCUT2D eigenvalue weighted by Gasteiger charge is 2.28. The van der Waals surface area contributed by atoms with Crippen LogP contribution in [0, 0.1) is 6.92 Å². The van der Waals surface area contributed by atoms with Gasteiger partial charge in [0.1, 0.15) is 17.2 Å². The summed E-state index contributed by atoms with van der Waals surface area (Å²) in [7, 11) is -2.69. The summed E-state index contributed by atoms with van der Waals surface area (Å²) in [6.07, 6.45) is -2.47. The molecule has 0 aliphatic rings. The number of nitrogens with one attached hydrogen (secondary N) is 1. The minimum absolute atomic E-state index is 0.0715. The maximum Gasteiger partial charge on any atom is 0.408 e. The van der Waals surface area contributed by atoms with Crippen LogP contribution < -0.4 is 9.46 Å². The van der Waals surface area contributed by atoms with Gasteiger partial charge in [0, 0.05) is 6.20 Å². The third-order valence-corrected chi connectivity index (χ3v) is 4.24. The second kappa shape index (κ2) is 6.11. The van der Waals surface area contributed by atoms with Gasteiger partial charge >= 0.3 is 6.18 Å². The van der Waals surface area contributed by atoms with Gasteiger partial charge in [-0.2, -0.15) is 18.3 Å². The summed E-state index contributed by atoms with van der Waals surface area (Å²) in [4.78, 5) is -0.108. The van der Waals surface area contributed by atoms with Crippen LogP contribution in [0.4, 0.5) is 18.9 Å². The highest BCUT2D eigenvalue weighted by atomic mass is 32.2. The molecule has 0 unspecified atom stereocenters. The zero-order chi connectivity index (χ0) is 17.3. The van der Waals surface area contributed by atoms with Crippen LogP contribution in [-0.4, -0.2) is 31.5 Å². The van der Waals surface area contributed by atoms with Crippen LogP contribution in [0.2, 0.25) is 0 Å². The molecule has 2 rings (SSSR count). The van der Waals surface area contributed by atoms with E-state index in [2.05, 4.69) is 9.82 Å². The van der Waals surface area contributed by atoms with Crippen LogP contribution in [0.1, 0.15) is 5.56 Å². The average Bonchev–Trinajstić information content (AvgIpc) is 2.82. The lowest BCUT2D eigenvalue weighted by Gasteiger charge is -2.11. The molecule has 1 aromatic carbocycles. The first-order chi connectivity index (χ1) is 10.6. The Morgan fingerprint density at radius 1 is 1.35 bits per heavy atom. The molecule has 0 bridgehead atoms.